The Kier molecular flexibility index (Phi) is 3.46. The summed E-state index contributed by atoms with van der Waals surface area (Å²) < 4.78 is 6.52. The molecule has 86 valence electrons. The highest BCUT2D eigenvalue weighted by molar-refractivity contribution is 9.10. The Morgan fingerprint density at radius 3 is 2.94 bits per heavy atom. The van der Waals surface area contributed by atoms with Crippen LogP contribution < -0.4 is 5.32 Å². The Labute approximate surface area is 103 Å². The van der Waals surface area contributed by atoms with Crippen LogP contribution in [0.4, 0.5) is 0 Å². The number of aromatic amines is 1. The molecule has 0 saturated heterocycles. The van der Waals surface area contributed by atoms with Crippen molar-refractivity contribution < 1.29 is 4.42 Å². The molecule has 5 heteroatoms. The zero-order valence-electron chi connectivity index (χ0n) is 9.30. The minimum absolute atomic E-state index is 0.788. The number of hydrogen-bond donors (Lipinski definition) is 2. The van der Waals surface area contributed by atoms with Crippen molar-refractivity contribution in [2.75, 3.05) is 13.6 Å². The lowest BCUT2D eigenvalue weighted by Crippen LogP contribution is -2.10. The Morgan fingerprint density at radius 2 is 2.31 bits per heavy atom. The SMILES string of the molecule is CNCCc1[nH]nc(-c2ccc(C)o2)c1Br. The highest BCUT2D eigenvalue weighted by atomic mass is 79.9. The first kappa shape index (κ1) is 11.4. The first-order chi connectivity index (χ1) is 7.72. The lowest BCUT2D eigenvalue weighted by atomic mass is 10.2. The molecule has 0 unspecified atom stereocenters. The molecule has 0 bridgehead atoms. The van der Waals surface area contributed by atoms with E-state index in [0.717, 1.165) is 40.3 Å². The number of H-pyrrole nitrogens is 1. The van der Waals surface area contributed by atoms with Gasteiger partial charge in [0.2, 0.25) is 0 Å². The molecule has 0 radical (unpaired) electrons. The van der Waals surface area contributed by atoms with Crippen LogP contribution in [0.25, 0.3) is 11.5 Å². The summed E-state index contributed by atoms with van der Waals surface area (Å²) in [5, 5.41) is 10.4. The molecule has 4 nitrogen and oxygen atoms in total. The smallest absolute Gasteiger partial charge is 0.155 e. The van der Waals surface area contributed by atoms with Crippen molar-refractivity contribution in [1.29, 1.82) is 0 Å². The maximum Gasteiger partial charge on any atom is 0.155 e. The zero-order chi connectivity index (χ0) is 11.5. The Balaban J connectivity index is 2.26. The van der Waals surface area contributed by atoms with E-state index in [1.165, 1.54) is 0 Å². The van der Waals surface area contributed by atoms with Gasteiger partial charge in [-0.2, -0.15) is 5.10 Å². The molecule has 0 amide bonds. The highest BCUT2D eigenvalue weighted by Gasteiger charge is 2.14. The molecule has 2 N–H and O–H groups in total. The first-order valence-corrected chi connectivity index (χ1v) is 5.96. The largest absolute Gasteiger partial charge is 0.460 e. The molecule has 0 atom stereocenters. The maximum atomic E-state index is 5.54. The molecular weight excluding hydrogens is 270 g/mol. The van der Waals surface area contributed by atoms with E-state index >= 15 is 0 Å². The fourth-order valence-corrected chi connectivity index (χ4v) is 2.08. The van der Waals surface area contributed by atoms with Gasteiger partial charge < -0.3 is 9.73 Å². The molecule has 0 aliphatic rings. The Hall–Kier alpha value is -1.07. The molecule has 16 heavy (non-hydrogen) atoms. The zero-order valence-corrected chi connectivity index (χ0v) is 10.9. The van der Waals surface area contributed by atoms with Crippen molar-refractivity contribution in [2.24, 2.45) is 0 Å². The van der Waals surface area contributed by atoms with Crippen molar-refractivity contribution in [2.45, 2.75) is 13.3 Å². The Bertz CT molecular complexity index is 475. The molecule has 2 aromatic heterocycles. The number of furan rings is 1. The normalized spacial score (nSPS) is 10.9. The van der Waals surface area contributed by atoms with E-state index in [4.69, 9.17) is 4.42 Å². The van der Waals surface area contributed by atoms with E-state index < -0.39 is 0 Å². The standard InChI is InChI=1S/C11H14BrN3O/c1-7-3-4-9(16-7)11-10(12)8(14-15-11)5-6-13-2/h3-4,13H,5-6H2,1-2H3,(H,14,15). The van der Waals surface area contributed by atoms with Gasteiger partial charge in [0.1, 0.15) is 11.5 Å². The number of rotatable bonds is 4. The molecule has 0 fully saturated rings. The molecule has 0 aliphatic carbocycles. The van der Waals surface area contributed by atoms with E-state index in [0.29, 0.717) is 0 Å². The van der Waals surface area contributed by atoms with Crippen molar-refractivity contribution in [3.63, 3.8) is 0 Å². The van der Waals surface area contributed by atoms with E-state index in [9.17, 15) is 0 Å². The van der Waals surface area contributed by atoms with E-state index in [1.807, 2.05) is 26.1 Å². The number of likely N-dealkylation sites (N-methyl/N-ethyl adjacent to an activating group) is 1. The minimum atomic E-state index is 0.788. The van der Waals surface area contributed by atoms with Crippen LogP contribution in [-0.4, -0.2) is 23.8 Å². The summed E-state index contributed by atoms with van der Waals surface area (Å²) in [4.78, 5) is 0. The van der Waals surface area contributed by atoms with Crippen LogP contribution in [0.5, 0.6) is 0 Å². The number of hydrogen-bond acceptors (Lipinski definition) is 3. The molecule has 2 heterocycles. The van der Waals surface area contributed by atoms with Crippen molar-refractivity contribution in [3.8, 4) is 11.5 Å². The number of nitrogens with zero attached hydrogens (tertiary/aromatic N) is 1. The lowest BCUT2D eigenvalue weighted by Gasteiger charge is -1.97. The second-order valence-electron chi connectivity index (χ2n) is 3.63. The summed E-state index contributed by atoms with van der Waals surface area (Å²) in [6.07, 6.45) is 0.907. The topological polar surface area (TPSA) is 53.9 Å². The summed E-state index contributed by atoms with van der Waals surface area (Å²) in [7, 11) is 1.93. The fourth-order valence-electron chi connectivity index (χ4n) is 1.51. The van der Waals surface area contributed by atoms with Crippen molar-refractivity contribution in [1.82, 2.24) is 15.5 Å². The van der Waals surface area contributed by atoms with Gasteiger partial charge in [-0.1, -0.05) is 0 Å². The van der Waals surface area contributed by atoms with E-state index in [2.05, 4.69) is 31.4 Å². The molecule has 0 aliphatic heterocycles. The van der Waals surface area contributed by atoms with Gasteiger partial charge in [0.05, 0.1) is 10.2 Å². The second kappa shape index (κ2) is 4.84. The average Bonchev–Trinajstić information content (AvgIpc) is 2.83. The van der Waals surface area contributed by atoms with Gasteiger partial charge in [-0.25, -0.2) is 0 Å². The van der Waals surface area contributed by atoms with Gasteiger partial charge in [-0.15, -0.1) is 0 Å². The quantitative estimate of drug-likeness (QED) is 0.907. The number of halogens is 1. The van der Waals surface area contributed by atoms with E-state index in [-0.39, 0.29) is 0 Å². The van der Waals surface area contributed by atoms with Crippen LogP contribution >= 0.6 is 15.9 Å². The van der Waals surface area contributed by atoms with Crippen LogP contribution in [0.15, 0.2) is 21.0 Å². The molecule has 0 spiro atoms. The molecule has 2 aromatic rings. The minimum Gasteiger partial charge on any atom is -0.460 e. The van der Waals surface area contributed by atoms with Gasteiger partial charge >= 0.3 is 0 Å². The third-order valence-electron chi connectivity index (χ3n) is 2.37. The van der Waals surface area contributed by atoms with Gasteiger partial charge in [0.25, 0.3) is 0 Å². The monoisotopic (exact) mass is 283 g/mol. The van der Waals surface area contributed by atoms with Gasteiger partial charge in [0, 0.05) is 13.0 Å². The van der Waals surface area contributed by atoms with Gasteiger partial charge in [-0.3, -0.25) is 5.10 Å². The third-order valence-corrected chi connectivity index (χ3v) is 3.23. The van der Waals surface area contributed by atoms with Crippen LogP contribution in [0, 0.1) is 6.92 Å². The van der Waals surface area contributed by atoms with Crippen LogP contribution in [0.3, 0.4) is 0 Å². The average molecular weight is 284 g/mol. The second-order valence-corrected chi connectivity index (χ2v) is 4.42. The number of aryl methyl sites for hydroxylation is 1. The van der Waals surface area contributed by atoms with Gasteiger partial charge in [-0.05, 0) is 42.0 Å². The molecule has 0 aromatic carbocycles. The molecule has 2 rings (SSSR count). The lowest BCUT2D eigenvalue weighted by molar-refractivity contribution is 0.546. The van der Waals surface area contributed by atoms with Gasteiger partial charge in [0.15, 0.2) is 5.76 Å². The third kappa shape index (κ3) is 2.20. The van der Waals surface area contributed by atoms with Crippen LogP contribution in [0.1, 0.15) is 11.5 Å². The predicted molar refractivity (Wildman–Crippen MR) is 66.4 cm³/mol. The maximum absolute atomic E-state index is 5.54. The summed E-state index contributed by atoms with van der Waals surface area (Å²) in [5.74, 6) is 1.68. The van der Waals surface area contributed by atoms with Crippen LogP contribution in [0.2, 0.25) is 0 Å². The number of nitrogens with one attached hydrogen (secondary N) is 2. The summed E-state index contributed by atoms with van der Waals surface area (Å²) in [5.41, 5.74) is 1.91. The highest BCUT2D eigenvalue weighted by Crippen LogP contribution is 2.30. The summed E-state index contributed by atoms with van der Waals surface area (Å²) in [6, 6.07) is 3.86. The van der Waals surface area contributed by atoms with Crippen molar-refractivity contribution in [3.05, 3.63) is 28.1 Å². The fraction of sp³-hybridized carbons (Fsp3) is 0.364. The van der Waals surface area contributed by atoms with Crippen LogP contribution in [-0.2, 0) is 6.42 Å². The number of aromatic nitrogens is 2. The molecule has 0 saturated carbocycles. The van der Waals surface area contributed by atoms with E-state index in [1.54, 1.807) is 0 Å². The first-order valence-electron chi connectivity index (χ1n) is 5.16. The summed E-state index contributed by atoms with van der Waals surface area (Å²) >= 11 is 3.55. The predicted octanol–water partition coefficient (Wildman–Crippen LogP) is 2.50. The molecular formula is C11H14BrN3O. The van der Waals surface area contributed by atoms with Crippen molar-refractivity contribution >= 4 is 15.9 Å². The summed E-state index contributed by atoms with van der Waals surface area (Å²) in [6.45, 7) is 2.84. The Morgan fingerprint density at radius 1 is 1.50 bits per heavy atom.